The molecule has 1 aliphatic heterocycles. The molecule has 1 N–H and O–H groups in total. The molecule has 9 heteroatoms. The lowest BCUT2D eigenvalue weighted by Gasteiger charge is -2.17. The minimum Gasteiger partial charge on any atom is -0.465 e. The lowest BCUT2D eigenvalue weighted by Crippen LogP contribution is -2.32. The van der Waals surface area contributed by atoms with Crippen molar-refractivity contribution in [2.75, 3.05) is 17.3 Å². The summed E-state index contributed by atoms with van der Waals surface area (Å²) in [7, 11) is 1.27. The number of benzene rings is 3. The van der Waals surface area contributed by atoms with Crippen molar-refractivity contribution in [3.8, 4) is 5.75 Å². The lowest BCUT2D eigenvalue weighted by atomic mass is 9.85. The Morgan fingerprint density at radius 3 is 2.02 bits per heavy atom. The summed E-state index contributed by atoms with van der Waals surface area (Å²) in [6.07, 6.45) is 4.96. The molecule has 4 unspecified atom stereocenters. The van der Waals surface area contributed by atoms with E-state index >= 15 is 0 Å². The first-order valence-corrected chi connectivity index (χ1v) is 12.8. The Morgan fingerprint density at radius 2 is 1.40 bits per heavy atom. The van der Waals surface area contributed by atoms with E-state index in [1.54, 1.807) is 42.5 Å². The zero-order valence-corrected chi connectivity index (χ0v) is 21.4. The molecule has 0 radical (unpaired) electrons. The first-order chi connectivity index (χ1) is 19.3. The molecule has 3 aromatic carbocycles. The summed E-state index contributed by atoms with van der Waals surface area (Å²) in [5.41, 5.74) is 1.71. The number of nitrogens with one attached hydrogen (secondary N) is 1. The summed E-state index contributed by atoms with van der Waals surface area (Å²) in [4.78, 5) is 64.3. The van der Waals surface area contributed by atoms with Crippen LogP contribution in [0.3, 0.4) is 0 Å². The maximum atomic E-state index is 13.0. The summed E-state index contributed by atoms with van der Waals surface area (Å²) in [6, 6.07) is 18.6. The number of hydrogen-bond donors (Lipinski definition) is 1. The van der Waals surface area contributed by atoms with E-state index in [0.29, 0.717) is 11.4 Å². The zero-order chi connectivity index (χ0) is 28.0. The Hall–Kier alpha value is -5.05. The van der Waals surface area contributed by atoms with Gasteiger partial charge in [-0.2, -0.15) is 0 Å². The number of fused-ring (bicyclic) bond motifs is 5. The van der Waals surface area contributed by atoms with Gasteiger partial charge in [0, 0.05) is 11.3 Å². The fourth-order valence-electron chi connectivity index (χ4n) is 5.78. The highest BCUT2D eigenvalue weighted by atomic mass is 16.5. The third kappa shape index (κ3) is 4.35. The highest BCUT2D eigenvalue weighted by Gasteiger charge is 2.59. The van der Waals surface area contributed by atoms with Gasteiger partial charge in [-0.1, -0.05) is 18.2 Å². The monoisotopic (exact) mass is 536 g/mol. The van der Waals surface area contributed by atoms with Crippen LogP contribution in [0.25, 0.3) is 0 Å². The fourth-order valence-corrected chi connectivity index (χ4v) is 5.78. The number of imide groups is 1. The Morgan fingerprint density at radius 1 is 0.775 bits per heavy atom. The van der Waals surface area contributed by atoms with Gasteiger partial charge in [0.25, 0.3) is 5.91 Å². The number of methoxy groups -OCH3 is 1. The highest BCUT2D eigenvalue weighted by molar-refractivity contribution is 6.22. The molecule has 1 saturated heterocycles. The van der Waals surface area contributed by atoms with Crippen molar-refractivity contribution in [3.63, 3.8) is 0 Å². The second-order valence-corrected chi connectivity index (χ2v) is 10.00. The van der Waals surface area contributed by atoms with Gasteiger partial charge in [0.15, 0.2) is 0 Å². The van der Waals surface area contributed by atoms with E-state index in [4.69, 9.17) is 4.74 Å². The molecule has 2 bridgehead atoms. The van der Waals surface area contributed by atoms with Crippen molar-refractivity contribution < 1.29 is 33.4 Å². The molecule has 3 amide bonds. The molecule has 3 aromatic rings. The average molecular weight is 537 g/mol. The molecule has 0 spiro atoms. The van der Waals surface area contributed by atoms with E-state index in [0.717, 1.165) is 6.42 Å². The number of rotatable bonds is 6. The summed E-state index contributed by atoms with van der Waals surface area (Å²) >= 11 is 0. The Kier molecular flexibility index (Phi) is 6.26. The molecule has 2 fully saturated rings. The smallest absolute Gasteiger partial charge is 0.343 e. The quantitative estimate of drug-likeness (QED) is 0.216. The van der Waals surface area contributed by atoms with Crippen molar-refractivity contribution in [2.24, 2.45) is 23.7 Å². The van der Waals surface area contributed by atoms with Gasteiger partial charge < -0.3 is 14.8 Å². The van der Waals surface area contributed by atoms with E-state index < -0.39 is 17.8 Å². The van der Waals surface area contributed by atoms with Crippen molar-refractivity contribution >= 4 is 41.0 Å². The van der Waals surface area contributed by atoms with Crippen LogP contribution in [0.15, 0.2) is 84.9 Å². The standard InChI is InChI=1S/C31H24N2O7/c1-39-30(37)21-4-2-3-20(16-21)27(34)32-22-9-13-24(14-10-22)40-31(38)17-7-11-23(12-8-17)33-28(35)25-18-5-6-19(15-18)26(25)29(33)36/h2-14,16,18-19,25-26H,15H2,1H3,(H,32,34). The number of nitrogens with zero attached hydrogens (tertiary/aromatic N) is 1. The van der Waals surface area contributed by atoms with Crippen LogP contribution in [0.1, 0.15) is 37.5 Å². The zero-order valence-electron chi connectivity index (χ0n) is 21.4. The van der Waals surface area contributed by atoms with Crippen LogP contribution in [-0.4, -0.2) is 36.8 Å². The van der Waals surface area contributed by atoms with Gasteiger partial charge in [-0.15, -0.1) is 0 Å². The van der Waals surface area contributed by atoms with E-state index in [9.17, 15) is 24.0 Å². The number of amides is 3. The maximum absolute atomic E-state index is 13.0. The largest absolute Gasteiger partial charge is 0.465 e. The van der Waals surface area contributed by atoms with E-state index in [-0.39, 0.29) is 57.9 Å². The van der Waals surface area contributed by atoms with Gasteiger partial charge in [0.2, 0.25) is 11.8 Å². The first-order valence-electron chi connectivity index (χ1n) is 12.8. The van der Waals surface area contributed by atoms with Gasteiger partial charge in [0.05, 0.1) is 35.8 Å². The number of hydrogen-bond acceptors (Lipinski definition) is 7. The molecule has 4 atom stereocenters. The normalized spacial score (nSPS) is 22.3. The Bertz CT molecular complexity index is 1550. The number of anilines is 2. The summed E-state index contributed by atoms with van der Waals surface area (Å²) in [6.45, 7) is 0. The van der Waals surface area contributed by atoms with Gasteiger partial charge in [-0.05, 0) is 85.0 Å². The van der Waals surface area contributed by atoms with Gasteiger partial charge in [-0.25, -0.2) is 9.59 Å². The summed E-state index contributed by atoms with van der Waals surface area (Å²) in [5, 5.41) is 2.72. The van der Waals surface area contributed by atoms with Crippen LogP contribution in [0.5, 0.6) is 5.75 Å². The van der Waals surface area contributed by atoms with Crippen molar-refractivity contribution in [3.05, 3.63) is 102 Å². The topological polar surface area (TPSA) is 119 Å². The highest BCUT2D eigenvalue weighted by Crippen LogP contribution is 2.53. The van der Waals surface area contributed by atoms with Crippen LogP contribution in [0.2, 0.25) is 0 Å². The van der Waals surface area contributed by atoms with Gasteiger partial charge >= 0.3 is 11.9 Å². The predicted octanol–water partition coefficient (Wildman–Crippen LogP) is 4.26. The predicted molar refractivity (Wildman–Crippen MR) is 144 cm³/mol. The van der Waals surface area contributed by atoms with Crippen molar-refractivity contribution in [1.82, 2.24) is 0 Å². The third-order valence-corrected chi connectivity index (χ3v) is 7.70. The van der Waals surface area contributed by atoms with Crippen LogP contribution < -0.4 is 15.0 Å². The number of allylic oxidation sites excluding steroid dienone is 2. The maximum Gasteiger partial charge on any atom is 0.343 e. The van der Waals surface area contributed by atoms with Crippen LogP contribution in [0.4, 0.5) is 11.4 Å². The molecule has 1 heterocycles. The number of carbonyl (C=O) groups excluding carboxylic acids is 5. The lowest BCUT2D eigenvalue weighted by molar-refractivity contribution is -0.123. The van der Waals surface area contributed by atoms with Crippen LogP contribution in [-0.2, 0) is 14.3 Å². The van der Waals surface area contributed by atoms with Gasteiger partial charge in [0.1, 0.15) is 5.75 Å². The molecule has 0 aromatic heterocycles. The van der Waals surface area contributed by atoms with E-state index in [1.807, 2.05) is 12.2 Å². The molecular weight excluding hydrogens is 512 g/mol. The molecule has 3 aliphatic rings. The summed E-state index contributed by atoms with van der Waals surface area (Å²) in [5.74, 6) is -1.97. The molecule has 200 valence electrons. The SMILES string of the molecule is COC(=O)c1cccc(C(=O)Nc2ccc(OC(=O)c3ccc(N4C(=O)C5C6C=CC(C6)C5C4=O)cc3)cc2)c1. The number of ether oxygens (including phenoxy) is 2. The second kappa shape index (κ2) is 9.92. The molecule has 9 nitrogen and oxygen atoms in total. The minimum absolute atomic E-state index is 0.128. The van der Waals surface area contributed by atoms with Crippen LogP contribution >= 0.6 is 0 Å². The molecule has 40 heavy (non-hydrogen) atoms. The molecule has 6 rings (SSSR count). The van der Waals surface area contributed by atoms with E-state index in [1.165, 1.54) is 42.3 Å². The van der Waals surface area contributed by atoms with Crippen molar-refractivity contribution in [2.45, 2.75) is 6.42 Å². The Balaban J connectivity index is 1.08. The summed E-state index contributed by atoms with van der Waals surface area (Å²) < 4.78 is 10.1. The number of carbonyl (C=O) groups is 5. The molecule has 2 aliphatic carbocycles. The fraction of sp³-hybridized carbons (Fsp3) is 0.194. The van der Waals surface area contributed by atoms with Gasteiger partial charge in [-0.3, -0.25) is 19.3 Å². The third-order valence-electron chi connectivity index (χ3n) is 7.70. The minimum atomic E-state index is -0.610. The van der Waals surface area contributed by atoms with E-state index in [2.05, 4.69) is 10.1 Å². The second-order valence-electron chi connectivity index (χ2n) is 10.00. The van der Waals surface area contributed by atoms with Crippen LogP contribution in [0, 0.1) is 23.7 Å². The molecule has 1 saturated carbocycles. The Labute approximate surface area is 229 Å². The molecular formula is C31H24N2O7. The number of esters is 2. The van der Waals surface area contributed by atoms with Crippen molar-refractivity contribution in [1.29, 1.82) is 0 Å². The first kappa shape index (κ1) is 25.2. The average Bonchev–Trinajstić information content (AvgIpc) is 3.67.